The van der Waals surface area contributed by atoms with Crippen molar-refractivity contribution in [2.75, 3.05) is 7.05 Å². The topological polar surface area (TPSA) is 129 Å². The van der Waals surface area contributed by atoms with Gasteiger partial charge in [-0.15, -0.1) is 0 Å². The summed E-state index contributed by atoms with van der Waals surface area (Å²) in [6.45, 7) is 13.9. The second-order valence-electron chi connectivity index (χ2n) is 12.6. The van der Waals surface area contributed by atoms with Crippen LogP contribution in [0.25, 0.3) is 0 Å². The fraction of sp³-hybridized carbons (Fsp3) is 0.800. The predicted molar refractivity (Wildman–Crippen MR) is 135 cm³/mol. The third-order valence-corrected chi connectivity index (χ3v) is 5.89. The molecule has 1 fully saturated rings. The molecule has 0 spiro atoms. The van der Waals surface area contributed by atoms with Gasteiger partial charge in [0.2, 0.25) is 17.7 Å². The van der Waals surface area contributed by atoms with Gasteiger partial charge in [-0.05, 0) is 43.9 Å². The number of hydrogen-bond donors (Lipinski definition) is 4. The van der Waals surface area contributed by atoms with E-state index >= 15 is 0 Å². The van der Waals surface area contributed by atoms with Crippen LogP contribution in [0.1, 0.15) is 74.7 Å². The second-order valence-corrected chi connectivity index (χ2v) is 12.6. The van der Waals surface area contributed by atoms with Crippen molar-refractivity contribution in [2.45, 2.75) is 104 Å². The van der Waals surface area contributed by atoms with Crippen LogP contribution in [0.3, 0.4) is 0 Å². The molecule has 0 aromatic rings. The Hall–Kier alpha value is -2.66. The molecule has 0 aliphatic carbocycles. The third kappa shape index (κ3) is 10.7. The van der Waals surface area contributed by atoms with Gasteiger partial charge < -0.3 is 21.3 Å². The molecular weight excluding hydrogens is 491 g/mol. The largest absolute Gasteiger partial charge is 0.471 e. The number of alkyl halides is 3. The molecule has 4 amide bonds. The first-order chi connectivity index (χ1) is 16.6. The lowest BCUT2D eigenvalue weighted by atomic mass is 9.84. The average molecular weight is 534 g/mol. The molecule has 0 radical (unpaired) electrons. The molecule has 12 heteroatoms. The zero-order valence-electron chi connectivity index (χ0n) is 23.2. The lowest BCUT2D eigenvalue weighted by Crippen LogP contribution is -2.60. The molecule has 1 aliphatic rings. The van der Waals surface area contributed by atoms with Crippen molar-refractivity contribution >= 4 is 29.8 Å². The molecule has 0 aromatic carbocycles. The maximum atomic E-state index is 13.3. The van der Waals surface area contributed by atoms with E-state index in [4.69, 9.17) is 0 Å². The molecule has 1 saturated heterocycles. The standard InChI is InChI=1S/C25H42F3N5O4/c1-22(2,3)12-16(31-20(36)17(23(4,5)6)32-21(37)25(26,27)28)19(35)30-15(13-29-9)10-14-11-24(7,8)33-18(14)34/h13-17H,10-12H2,1-9H3,(H,30,35)(H,31,36)(H,32,37)(H,33,34). The lowest BCUT2D eigenvalue weighted by molar-refractivity contribution is -0.175. The van der Waals surface area contributed by atoms with Gasteiger partial charge in [0.25, 0.3) is 0 Å². The van der Waals surface area contributed by atoms with Gasteiger partial charge in [0.15, 0.2) is 0 Å². The summed E-state index contributed by atoms with van der Waals surface area (Å²) < 4.78 is 38.7. The van der Waals surface area contributed by atoms with Gasteiger partial charge in [-0.25, -0.2) is 0 Å². The lowest BCUT2D eigenvalue weighted by Gasteiger charge is -2.33. The Morgan fingerprint density at radius 1 is 1.05 bits per heavy atom. The monoisotopic (exact) mass is 533 g/mol. The predicted octanol–water partition coefficient (Wildman–Crippen LogP) is 2.49. The molecule has 212 valence electrons. The molecule has 9 nitrogen and oxygen atoms in total. The van der Waals surface area contributed by atoms with Crippen molar-refractivity contribution in [1.29, 1.82) is 0 Å². The van der Waals surface area contributed by atoms with Crippen molar-refractivity contribution in [3.05, 3.63) is 0 Å². The highest BCUT2D eigenvalue weighted by molar-refractivity contribution is 5.94. The number of nitrogens with zero attached hydrogens (tertiary/aromatic N) is 1. The van der Waals surface area contributed by atoms with E-state index in [1.807, 2.05) is 34.6 Å². The summed E-state index contributed by atoms with van der Waals surface area (Å²) >= 11 is 0. The van der Waals surface area contributed by atoms with E-state index in [2.05, 4.69) is 20.9 Å². The summed E-state index contributed by atoms with van der Waals surface area (Å²) in [7, 11) is 1.53. The van der Waals surface area contributed by atoms with E-state index in [-0.39, 0.29) is 23.8 Å². The highest BCUT2D eigenvalue weighted by Crippen LogP contribution is 2.28. The van der Waals surface area contributed by atoms with E-state index in [1.165, 1.54) is 34.0 Å². The first kappa shape index (κ1) is 32.4. The highest BCUT2D eigenvalue weighted by Gasteiger charge is 2.44. The van der Waals surface area contributed by atoms with Crippen molar-refractivity contribution in [3.63, 3.8) is 0 Å². The van der Waals surface area contributed by atoms with Crippen LogP contribution in [0.4, 0.5) is 13.2 Å². The summed E-state index contributed by atoms with van der Waals surface area (Å²) in [5, 5.41) is 10.0. The van der Waals surface area contributed by atoms with Crippen LogP contribution in [-0.2, 0) is 19.2 Å². The smallest absolute Gasteiger partial charge is 0.351 e. The van der Waals surface area contributed by atoms with E-state index in [9.17, 15) is 32.3 Å². The molecule has 1 aliphatic heterocycles. The maximum Gasteiger partial charge on any atom is 0.471 e. The Bertz CT molecular complexity index is 888. The van der Waals surface area contributed by atoms with Gasteiger partial charge in [-0.1, -0.05) is 41.5 Å². The molecule has 0 aromatic heterocycles. The number of halogens is 3. The summed E-state index contributed by atoms with van der Waals surface area (Å²) in [5.74, 6) is -4.19. The molecule has 1 rings (SSSR count). The fourth-order valence-electron chi connectivity index (χ4n) is 4.28. The number of hydrogen-bond acceptors (Lipinski definition) is 5. The molecule has 0 bridgehead atoms. The van der Waals surface area contributed by atoms with Crippen LogP contribution in [0, 0.1) is 16.7 Å². The number of rotatable bonds is 9. The molecule has 1 heterocycles. The number of aliphatic imine (C=N–C) groups is 1. The summed E-state index contributed by atoms with van der Waals surface area (Å²) in [6.07, 6.45) is -2.62. The minimum absolute atomic E-state index is 0.123. The number of nitrogens with one attached hydrogen (secondary N) is 4. The molecule has 4 unspecified atom stereocenters. The summed E-state index contributed by atoms with van der Waals surface area (Å²) in [6, 6.07) is -3.26. The van der Waals surface area contributed by atoms with E-state index < -0.39 is 52.9 Å². The minimum atomic E-state index is -5.17. The van der Waals surface area contributed by atoms with Gasteiger partial charge >= 0.3 is 12.1 Å². The van der Waals surface area contributed by atoms with Gasteiger partial charge in [-0.3, -0.25) is 24.2 Å². The van der Waals surface area contributed by atoms with Crippen LogP contribution in [-0.4, -0.2) is 66.7 Å². The Morgan fingerprint density at radius 3 is 2.03 bits per heavy atom. The van der Waals surface area contributed by atoms with Crippen molar-refractivity contribution in [1.82, 2.24) is 21.3 Å². The Balaban J connectivity index is 3.13. The quantitative estimate of drug-likeness (QED) is 0.340. The maximum absolute atomic E-state index is 13.3. The normalized spacial score (nSPS) is 20.6. The Kier molecular flexibility index (Phi) is 10.3. The average Bonchev–Trinajstić information content (AvgIpc) is 2.93. The zero-order chi connectivity index (χ0) is 29.0. The van der Waals surface area contributed by atoms with Gasteiger partial charge in [0.05, 0.1) is 6.04 Å². The fourth-order valence-corrected chi connectivity index (χ4v) is 4.28. The third-order valence-electron chi connectivity index (χ3n) is 5.89. The highest BCUT2D eigenvalue weighted by atomic mass is 19.4. The first-order valence-corrected chi connectivity index (χ1v) is 12.3. The Morgan fingerprint density at radius 2 is 1.62 bits per heavy atom. The zero-order valence-corrected chi connectivity index (χ0v) is 23.2. The van der Waals surface area contributed by atoms with Crippen LogP contribution >= 0.6 is 0 Å². The molecular formula is C25H42F3N5O4. The summed E-state index contributed by atoms with van der Waals surface area (Å²) in [4.78, 5) is 54.4. The van der Waals surface area contributed by atoms with Crippen molar-refractivity contribution < 1.29 is 32.3 Å². The van der Waals surface area contributed by atoms with Crippen LogP contribution in [0.2, 0.25) is 0 Å². The first-order valence-electron chi connectivity index (χ1n) is 12.3. The second kappa shape index (κ2) is 11.8. The van der Waals surface area contributed by atoms with Gasteiger partial charge in [-0.2, -0.15) is 13.2 Å². The SMILES string of the molecule is CN=CC(CC1CC(C)(C)NC1=O)NC(=O)C(CC(C)(C)C)NC(=O)C(NC(=O)C(F)(F)F)C(C)(C)C. The summed E-state index contributed by atoms with van der Waals surface area (Å²) in [5.41, 5.74) is -1.88. The van der Waals surface area contributed by atoms with Crippen LogP contribution in [0.5, 0.6) is 0 Å². The van der Waals surface area contributed by atoms with Crippen molar-refractivity contribution in [3.8, 4) is 0 Å². The van der Waals surface area contributed by atoms with Gasteiger partial charge in [0.1, 0.15) is 12.1 Å². The van der Waals surface area contributed by atoms with E-state index in [1.54, 1.807) is 5.32 Å². The number of amides is 4. The molecule has 4 N–H and O–H groups in total. The number of carbonyl (C=O) groups excluding carboxylic acids is 4. The van der Waals surface area contributed by atoms with Crippen LogP contribution in [0.15, 0.2) is 4.99 Å². The number of carbonyl (C=O) groups is 4. The van der Waals surface area contributed by atoms with Crippen molar-refractivity contribution in [2.24, 2.45) is 21.7 Å². The van der Waals surface area contributed by atoms with Gasteiger partial charge in [0, 0.05) is 24.7 Å². The molecule has 37 heavy (non-hydrogen) atoms. The Labute approximate surface area is 217 Å². The minimum Gasteiger partial charge on any atom is -0.351 e. The van der Waals surface area contributed by atoms with Crippen LogP contribution < -0.4 is 21.3 Å². The molecule has 4 atom stereocenters. The van der Waals surface area contributed by atoms with E-state index in [0.717, 1.165) is 0 Å². The molecule has 0 saturated carbocycles. The van der Waals surface area contributed by atoms with E-state index in [0.29, 0.717) is 12.8 Å².